The summed E-state index contributed by atoms with van der Waals surface area (Å²) in [5.41, 5.74) is 4.62. The standard InChI is InChI=1S/C17H20N2O/c1-19(2)13-6-3-5-12(11-13)18-16-10-9-15-14(16)7-4-8-17(15)20/h3-8,11,16,18,20H,9-10H2,1-2H3. The summed E-state index contributed by atoms with van der Waals surface area (Å²) in [6, 6.07) is 14.5. The monoisotopic (exact) mass is 268 g/mol. The topological polar surface area (TPSA) is 35.5 Å². The summed E-state index contributed by atoms with van der Waals surface area (Å²) < 4.78 is 0. The molecule has 0 aromatic heterocycles. The molecule has 0 bridgehead atoms. The SMILES string of the molecule is CN(C)c1cccc(NC2CCc3c(O)cccc32)c1. The van der Waals surface area contributed by atoms with Crippen LogP contribution in [0.25, 0.3) is 0 Å². The molecule has 2 aromatic carbocycles. The lowest BCUT2D eigenvalue weighted by Gasteiger charge is -2.18. The molecule has 0 spiro atoms. The smallest absolute Gasteiger partial charge is 0.119 e. The molecule has 0 amide bonds. The molecule has 3 heteroatoms. The number of phenolic OH excluding ortho intramolecular Hbond substituents is 1. The second-order valence-electron chi connectivity index (χ2n) is 5.53. The van der Waals surface area contributed by atoms with E-state index < -0.39 is 0 Å². The maximum atomic E-state index is 9.90. The minimum Gasteiger partial charge on any atom is -0.508 e. The fourth-order valence-electron chi connectivity index (χ4n) is 2.86. The van der Waals surface area contributed by atoms with E-state index in [1.807, 2.05) is 20.2 Å². The van der Waals surface area contributed by atoms with E-state index in [0.29, 0.717) is 5.75 Å². The molecular formula is C17H20N2O. The molecule has 1 unspecified atom stereocenters. The summed E-state index contributed by atoms with van der Waals surface area (Å²) in [7, 11) is 4.09. The summed E-state index contributed by atoms with van der Waals surface area (Å²) in [6.45, 7) is 0. The van der Waals surface area contributed by atoms with Gasteiger partial charge in [0.25, 0.3) is 0 Å². The number of nitrogens with zero attached hydrogens (tertiary/aromatic N) is 1. The zero-order valence-corrected chi connectivity index (χ0v) is 11.9. The van der Waals surface area contributed by atoms with Crippen molar-refractivity contribution in [2.24, 2.45) is 0 Å². The van der Waals surface area contributed by atoms with Crippen molar-refractivity contribution < 1.29 is 5.11 Å². The maximum absolute atomic E-state index is 9.90. The summed E-state index contributed by atoms with van der Waals surface area (Å²) >= 11 is 0. The van der Waals surface area contributed by atoms with Crippen molar-refractivity contribution in [3.8, 4) is 5.75 Å². The summed E-state index contributed by atoms with van der Waals surface area (Å²) in [4.78, 5) is 2.10. The lowest BCUT2D eigenvalue weighted by atomic mass is 10.1. The van der Waals surface area contributed by atoms with Crippen molar-refractivity contribution in [2.45, 2.75) is 18.9 Å². The summed E-state index contributed by atoms with van der Waals surface area (Å²) in [6.07, 6.45) is 1.96. The van der Waals surface area contributed by atoms with Crippen LogP contribution in [0.1, 0.15) is 23.6 Å². The molecule has 0 radical (unpaired) electrons. The van der Waals surface area contributed by atoms with Crippen molar-refractivity contribution >= 4 is 11.4 Å². The van der Waals surface area contributed by atoms with Crippen LogP contribution in [-0.2, 0) is 6.42 Å². The molecule has 0 saturated heterocycles. The molecule has 0 heterocycles. The van der Waals surface area contributed by atoms with Crippen LogP contribution in [-0.4, -0.2) is 19.2 Å². The Morgan fingerprint density at radius 1 is 1.15 bits per heavy atom. The number of fused-ring (bicyclic) bond motifs is 1. The van der Waals surface area contributed by atoms with Crippen LogP contribution in [0.3, 0.4) is 0 Å². The van der Waals surface area contributed by atoms with E-state index in [9.17, 15) is 5.11 Å². The molecular weight excluding hydrogens is 248 g/mol. The van der Waals surface area contributed by atoms with E-state index in [2.05, 4.69) is 40.5 Å². The molecule has 1 aliphatic carbocycles. The van der Waals surface area contributed by atoms with Gasteiger partial charge >= 0.3 is 0 Å². The predicted molar refractivity (Wildman–Crippen MR) is 83.6 cm³/mol. The number of rotatable bonds is 3. The third-order valence-corrected chi connectivity index (χ3v) is 3.95. The number of benzene rings is 2. The first-order valence-electron chi connectivity index (χ1n) is 7.00. The number of nitrogens with one attached hydrogen (secondary N) is 1. The van der Waals surface area contributed by atoms with Crippen LogP contribution in [0.5, 0.6) is 5.75 Å². The largest absolute Gasteiger partial charge is 0.508 e. The van der Waals surface area contributed by atoms with Crippen LogP contribution in [0.4, 0.5) is 11.4 Å². The van der Waals surface area contributed by atoms with Gasteiger partial charge in [0, 0.05) is 25.5 Å². The quantitative estimate of drug-likeness (QED) is 0.893. The first-order chi connectivity index (χ1) is 9.65. The van der Waals surface area contributed by atoms with Gasteiger partial charge in [-0.05, 0) is 48.2 Å². The highest BCUT2D eigenvalue weighted by atomic mass is 16.3. The van der Waals surface area contributed by atoms with Gasteiger partial charge < -0.3 is 15.3 Å². The van der Waals surface area contributed by atoms with Gasteiger partial charge in [-0.3, -0.25) is 0 Å². The third-order valence-electron chi connectivity index (χ3n) is 3.95. The Morgan fingerprint density at radius 3 is 2.75 bits per heavy atom. The minimum atomic E-state index is 0.287. The highest BCUT2D eigenvalue weighted by Crippen LogP contribution is 2.38. The Morgan fingerprint density at radius 2 is 1.95 bits per heavy atom. The van der Waals surface area contributed by atoms with Gasteiger partial charge in [-0.15, -0.1) is 0 Å². The van der Waals surface area contributed by atoms with Gasteiger partial charge in [-0.25, -0.2) is 0 Å². The van der Waals surface area contributed by atoms with E-state index in [1.54, 1.807) is 6.07 Å². The second-order valence-corrected chi connectivity index (χ2v) is 5.53. The first-order valence-corrected chi connectivity index (χ1v) is 7.00. The fourth-order valence-corrected chi connectivity index (χ4v) is 2.86. The predicted octanol–water partition coefficient (Wildman–Crippen LogP) is 3.56. The van der Waals surface area contributed by atoms with Crippen LogP contribution in [0.2, 0.25) is 0 Å². The zero-order chi connectivity index (χ0) is 14.1. The van der Waals surface area contributed by atoms with Crippen molar-refractivity contribution in [3.05, 3.63) is 53.6 Å². The molecule has 3 nitrogen and oxygen atoms in total. The molecule has 1 atom stereocenters. The number of hydrogen-bond donors (Lipinski definition) is 2. The summed E-state index contributed by atoms with van der Waals surface area (Å²) in [5.74, 6) is 0.425. The molecule has 1 aliphatic rings. The molecule has 0 fully saturated rings. The van der Waals surface area contributed by atoms with Crippen LogP contribution >= 0.6 is 0 Å². The fraction of sp³-hybridized carbons (Fsp3) is 0.294. The van der Waals surface area contributed by atoms with E-state index in [0.717, 1.165) is 24.1 Å². The molecule has 20 heavy (non-hydrogen) atoms. The molecule has 0 aliphatic heterocycles. The van der Waals surface area contributed by atoms with Gasteiger partial charge in [-0.1, -0.05) is 18.2 Å². The Balaban J connectivity index is 1.84. The van der Waals surface area contributed by atoms with Crippen LogP contribution in [0.15, 0.2) is 42.5 Å². The molecule has 2 aromatic rings. The van der Waals surface area contributed by atoms with E-state index in [-0.39, 0.29) is 6.04 Å². The maximum Gasteiger partial charge on any atom is 0.119 e. The van der Waals surface area contributed by atoms with Crippen molar-refractivity contribution in [1.82, 2.24) is 0 Å². The molecule has 0 saturated carbocycles. The summed E-state index contributed by atoms with van der Waals surface area (Å²) in [5, 5.41) is 13.5. The van der Waals surface area contributed by atoms with Gasteiger partial charge in [0.05, 0.1) is 6.04 Å². The molecule has 104 valence electrons. The molecule has 2 N–H and O–H groups in total. The second kappa shape index (κ2) is 5.08. The van der Waals surface area contributed by atoms with Gasteiger partial charge in [0.2, 0.25) is 0 Å². The Labute approximate surface area is 119 Å². The lowest BCUT2D eigenvalue weighted by molar-refractivity contribution is 0.469. The zero-order valence-electron chi connectivity index (χ0n) is 11.9. The van der Waals surface area contributed by atoms with Gasteiger partial charge in [0.15, 0.2) is 0 Å². The average Bonchev–Trinajstić information content (AvgIpc) is 2.84. The Bertz CT molecular complexity index is 622. The normalized spacial score (nSPS) is 16.8. The lowest BCUT2D eigenvalue weighted by Crippen LogP contribution is -2.10. The third kappa shape index (κ3) is 2.31. The number of hydrogen-bond acceptors (Lipinski definition) is 3. The van der Waals surface area contributed by atoms with E-state index >= 15 is 0 Å². The van der Waals surface area contributed by atoms with E-state index in [1.165, 1.54) is 11.3 Å². The van der Waals surface area contributed by atoms with Crippen LogP contribution < -0.4 is 10.2 Å². The van der Waals surface area contributed by atoms with Gasteiger partial charge in [0.1, 0.15) is 5.75 Å². The highest BCUT2D eigenvalue weighted by molar-refractivity contribution is 5.59. The Kier molecular flexibility index (Phi) is 3.26. The minimum absolute atomic E-state index is 0.287. The number of anilines is 2. The van der Waals surface area contributed by atoms with Crippen molar-refractivity contribution in [1.29, 1.82) is 0 Å². The van der Waals surface area contributed by atoms with Crippen molar-refractivity contribution in [2.75, 3.05) is 24.3 Å². The average molecular weight is 268 g/mol. The highest BCUT2D eigenvalue weighted by Gasteiger charge is 2.24. The number of aromatic hydroxyl groups is 1. The van der Waals surface area contributed by atoms with Crippen LogP contribution in [0, 0.1) is 0 Å². The van der Waals surface area contributed by atoms with Gasteiger partial charge in [-0.2, -0.15) is 0 Å². The Hall–Kier alpha value is -2.16. The van der Waals surface area contributed by atoms with Crippen molar-refractivity contribution in [3.63, 3.8) is 0 Å². The number of phenols is 1. The van der Waals surface area contributed by atoms with E-state index in [4.69, 9.17) is 0 Å². The first kappa shape index (κ1) is 12.9. The molecule has 3 rings (SSSR count).